The first-order valence-corrected chi connectivity index (χ1v) is 10.0. The van der Waals surface area contributed by atoms with E-state index in [1.807, 2.05) is 0 Å². The van der Waals surface area contributed by atoms with Gasteiger partial charge in [-0.25, -0.2) is 13.2 Å². The van der Waals surface area contributed by atoms with Crippen molar-refractivity contribution in [2.75, 3.05) is 25.0 Å². The van der Waals surface area contributed by atoms with Crippen LogP contribution in [0, 0.1) is 0 Å². The number of sulfonamides is 1. The van der Waals surface area contributed by atoms with Gasteiger partial charge in [0.15, 0.2) is 0 Å². The highest BCUT2D eigenvalue weighted by atomic mass is 32.2. The Kier molecular flexibility index (Phi) is 5.98. The second kappa shape index (κ2) is 8.41. The van der Waals surface area contributed by atoms with Crippen molar-refractivity contribution in [2.45, 2.75) is 23.8 Å². The van der Waals surface area contributed by atoms with Crippen molar-refractivity contribution >= 4 is 21.7 Å². The molecule has 144 valence electrons. The third kappa shape index (κ3) is 4.78. The Bertz CT molecular complexity index is 889. The van der Waals surface area contributed by atoms with Gasteiger partial charge in [0, 0.05) is 6.61 Å². The van der Waals surface area contributed by atoms with Crippen LogP contribution in [-0.2, 0) is 19.5 Å². The molecule has 1 heterocycles. The van der Waals surface area contributed by atoms with Gasteiger partial charge in [-0.3, -0.25) is 4.72 Å². The molecule has 2 aromatic carbocycles. The minimum atomic E-state index is -3.86. The fourth-order valence-corrected chi connectivity index (χ4v) is 3.81. The van der Waals surface area contributed by atoms with E-state index in [9.17, 15) is 13.2 Å². The summed E-state index contributed by atoms with van der Waals surface area (Å²) in [6.45, 7) is 0.818. The molecule has 0 bridgehead atoms. The molecule has 8 heteroatoms. The van der Waals surface area contributed by atoms with Gasteiger partial charge in [0.25, 0.3) is 10.0 Å². The van der Waals surface area contributed by atoms with Gasteiger partial charge in [-0.1, -0.05) is 12.1 Å². The van der Waals surface area contributed by atoms with Crippen LogP contribution in [0.5, 0.6) is 5.75 Å². The third-order valence-corrected chi connectivity index (χ3v) is 5.57. The molecule has 1 unspecified atom stereocenters. The normalized spacial score (nSPS) is 16.7. The summed E-state index contributed by atoms with van der Waals surface area (Å²) in [4.78, 5) is 12.5. The fraction of sp³-hybridized carbons (Fsp3) is 0.316. The van der Waals surface area contributed by atoms with Gasteiger partial charge in [0.1, 0.15) is 12.4 Å². The zero-order valence-electron chi connectivity index (χ0n) is 14.9. The second-order valence-electron chi connectivity index (χ2n) is 6.06. The van der Waals surface area contributed by atoms with Crippen LogP contribution < -0.4 is 9.46 Å². The Morgan fingerprint density at radius 2 is 1.93 bits per heavy atom. The van der Waals surface area contributed by atoms with Gasteiger partial charge in [0.2, 0.25) is 0 Å². The molecule has 1 atom stereocenters. The van der Waals surface area contributed by atoms with Gasteiger partial charge < -0.3 is 14.2 Å². The molecule has 1 aliphatic heterocycles. The van der Waals surface area contributed by atoms with Crippen LogP contribution in [0.4, 0.5) is 5.69 Å². The number of para-hydroxylation sites is 1. The van der Waals surface area contributed by atoms with E-state index in [0.29, 0.717) is 12.4 Å². The predicted octanol–water partition coefficient (Wildman–Crippen LogP) is 2.83. The van der Waals surface area contributed by atoms with E-state index in [2.05, 4.69) is 4.72 Å². The number of esters is 1. The Morgan fingerprint density at radius 1 is 1.19 bits per heavy atom. The molecule has 27 heavy (non-hydrogen) atoms. The lowest BCUT2D eigenvalue weighted by atomic mass is 10.2. The Labute approximate surface area is 158 Å². The van der Waals surface area contributed by atoms with Crippen LogP contribution in [-0.4, -0.2) is 40.8 Å². The maximum atomic E-state index is 12.6. The maximum Gasteiger partial charge on any atom is 0.340 e. The van der Waals surface area contributed by atoms with E-state index in [1.54, 1.807) is 24.3 Å². The van der Waals surface area contributed by atoms with Crippen LogP contribution in [0.25, 0.3) is 0 Å². The van der Waals surface area contributed by atoms with Crippen molar-refractivity contribution in [3.63, 3.8) is 0 Å². The second-order valence-corrected chi connectivity index (χ2v) is 7.74. The number of anilines is 1. The number of methoxy groups -OCH3 is 1. The topological polar surface area (TPSA) is 90.9 Å². The number of benzene rings is 2. The molecule has 0 spiro atoms. The molecule has 1 fully saturated rings. The molecule has 0 amide bonds. The molecule has 1 N–H and O–H groups in total. The summed E-state index contributed by atoms with van der Waals surface area (Å²) in [5.41, 5.74) is 0.304. The van der Waals surface area contributed by atoms with E-state index < -0.39 is 16.0 Å². The van der Waals surface area contributed by atoms with Crippen LogP contribution in [0.1, 0.15) is 23.2 Å². The lowest BCUT2D eigenvalue weighted by Crippen LogP contribution is -2.20. The van der Waals surface area contributed by atoms with E-state index in [0.717, 1.165) is 12.8 Å². The van der Waals surface area contributed by atoms with Crippen molar-refractivity contribution in [1.82, 2.24) is 0 Å². The van der Waals surface area contributed by atoms with Crippen molar-refractivity contribution in [3.05, 3.63) is 54.1 Å². The smallest absolute Gasteiger partial charge is 0.340 e. The lowest BCUT2D eigenvalue weighted by molar-refractivity contribution is 0.0162. The van der Waals surface area contributed by atoms with Gasteiger partial charge >= 0.3 is 5.97 Å². The Hall–Kier alpha value is -2.58. The summed E-state index contributed by atoms with van der Waals surface area (Å²) < 4.78 is 43.4. The SMILES string of the molecule is COc1ccc(S(=O)(=O)Nc2ccccc2C(=O)OCC2CCCO2)cc1. The van der Waals surface area contributed by atoms with Gasteiger partial charge in [0.05, 0.1) is 29.4 Å². The number of carbonyl (C=O) groups is 1. The Morgan fingerprint density at radius 3 is 2.59 bits per heavy atom. The highest BCUT2D eigenvalue weighted by Gasteiger charge is 2.22. The van der Waals surface area contributed by atoms with Crippen LogP contribution in [0.2, 0.25) is 0 Å². The van der Waals surface area contributed by atoms with E-state index in [4.69, 9.17) is 14.2 Å². The number of ether oxygens (including phenoxy) is 3. The van der Waals surface area contributed by atoms with Crippen molar-refractivity contribution in [2.24, 2.45) is 0 Å². The average molecular weight is 391 g/mol. The summed E-state index contributed by atoms with van der Waals surface area (Å²) in [6.07, 6.45) is 1.69. The molecular formula is C19H21NO6S. The lowest BCUT2D eigenvalue weighted by Gasteiger charge is -2.14. The monoisotopic (exact) mass is 391 g/mol. The molecule has 1 aliphatic rings. The minimum Gasteiger partial charge on any atom is -0.497 e. The van der Waals surface area contributed by atoms with Crippen molar-refractivity contribution in [3.8, 4) is 5.75 Å². The standard InChI is InChI=1S/C19H21NO6S/c1-24-14-8-10-16(11-9-14)27(22,23)20-18-7-3-2-6-17(18)19(21)26-13-15-5-4-12-25-15/h2-3,6-11,15,20H,4-5,12-13H2,1H3. The first-order chi connectivity index (χ1) is 13.0. The third-order valence-electron chi connectivity index (χ3n) is 4.19. The van der Waals surface area contributed by atoms with Crippen molar-refractivity contribution in [1.29, 1.82) is 0 Å². The summed E-state index contributed by atoms with van der Waals surface area (Å²) in [5, 5.41) is 0. The van der Waals surface area contributed by atoms with Gasteiger partial charge in [-0.15, -0.1) is 0 Å². The minimum absolute atomic E-state index is 0.0610. The largest absolute Gasteiger partial charge is 0.497 e. The first kappa shape index (κ1) is 19.2. The van der Waals surface area contributed by atoms with Crippen LogP contribution in [0.3, 0.4) is 0 Å². The number of hydrogen-bond donors (Lipinski definition) is 1. The summed E-state index contributed by atoms with van der Waals surface area (Å²) in [5.74, 6) is -0.0504. The maximum absolute atomic E-state index is 12.6. The number of hydrogen-bond acceptors (Lipinski definition) is 6. The van der Waals surface area contributed by atoms with Crippen LogP contribution >= 0.6 is 0 Å². The molecular weight excluding hydrogens is 370 g/mol. The van der Waals surface area contributed by atoms with E-state index in [1.165, 1.54) is 31.4 Å². The van der Waals surface area contributed by atoms with Gasteiger partial charge in [-0.05, 0) is 49.2 Å². The van der Waals surface area contributed by atoms with Gasteiger partial charge in [-0.2, -0.15) is 0 Å². The molecule has 1 saturated heterocycles. The molecule has 0 saturated carbocycles. The quantitative estimate of drug-likeness (QED) is 0.730. The summed E-state index contributed by atoms with van der Waals surface area (Å²) in [7, 11) is -2.36. The van der Waals surface area contributed by atoms with Crippen molar-refractivity contribution < 1.29 is 27.4 Å². The first-order valence-electron chi connectivity index (χ1n) is 8.54. The molecule has 2 aromatic rings. The molecule has 7 nitrogen and oxygen atoms in total. The highest BCUT2D eigenvalue weighted by molar-refractivity contribution is 7.92. The van der Waals surface area contributed by atoms with E-state index >= 15 is 0 Å². The summed E-state index contributed by atoms with van der Waals surface area (Å²) >= 11 is 0. The Balaban J connectivity index is 1.75. The zero-order chi connectivity index (χ0) is 19.3. The number of rotatable bonds is 7. The average Bonchev–Trinajstić information content (AvgIpc) is 3.20. The zero-order valence-corrected chi connectivity index (χ0v) is 15.7. The molecule has 0 aromatic heterocycles. The fourth-order valence-electron chi connectivity index (χ4n) is 2.73. The molecule has 0 radical (unpaired) electrons. The van der Waals surface area contributed by atoms with E-state index in [-0.39, 0.29) is 28.9 Å². The molecule has 3 rings (SSSR count). The number of carbonyl (C=O) groups excluding carboxylic acids is 1. The molecule has 0 aliphatic carbocycles. The highest BCUT2D eigenvalue weighted by Crippen LogP contribution is 2.23. The predicted molar refractivity (Wildman–Crippen MR) is 99.5 cm³/mol. The number of nitrogens with one attached hydrogen (secondary N) is 1. The summed E-state index contributed by atoms with van der Waals surface area (Å²) in [6, 6.07) is 12.3. The van der Waals surface area contributed by atoms with Crippen LogP contribution in [0.15, 0.2) is 53.4 Å².